The fraction of sp³-hybridized carbons (Fsp3) is 0.273. The second-order valence-electron chi connectivity index (χ2n) is 7.05. The van der Waals surface area contributed by atoms with Crippen molar-refractivity contribution in [3.05, 3.63) is 77.1 Å². The van der Waals surface area contributed by atoms with E-state index in [2.05, 4.69) is 20.1 Å². The zero-order valence-electron chi connectivity index (χ0n) is 16.2. The Labute approximate surface area is 173 Å². The fourth-order valence-corrected chi connectivity index (χ4v) is 4.32. The van der Waals surface area contributed by atoms with E-state index in [9.17, 15) is 9.18 Å². The highest BCUT2D eigenvalue weighted by Gasteiger charge is 2.22. The number of nitrogens with one attached hydrogen (secondary N) is 1. The van der Waals surface area contributed by atoms with E-state index >= 15 is 0 Å². The first-order valence-corrected chi connectivity index (χ1v) is 10.6. The first-order chi connectivity index (χ1) is 14.1. The Kier molecular flexibility index (Phi) is 5.76. The molecule has 2 heterocycles. The highest BCUT2D eigenvalue weighted by molar-refractivity contribution is 7.13. The minimum Gasteiger partial charge on any atom is -0.366 e. The highest BCUT2D eigenvalue weighted by Crippen LogP contribution is 2.25. The van der Waals surface area contributed by atoms with E-state index in [-0.39, 0.29) is 17.8 Å². The predicted molar refractivity (Wildman–Crippen MR) is 115 cm³/mol. The van der Waals surface area contributed by atoms with Gasteiger partial charge in [-0.2, -0.15) is 0 Å². The van der Waals surface area contributed by atoms with Gasteiger partial charge in [-0.3, -0.25) is 4.79 Å². The van der Waals surface area contributed by atoms with Crippen molar-refractivity contribution in [3.63, 3.8) is 0 Å². The molecule has 1 amide bonds. The van der Waals surface area contributed by atoms with Crippen LogP contribution in [-0.2, 0) is 0 Å². The molecule has 0 bridgehead atoms. The Hall–Kier alpha value is -2.93. The Morgan fingerprint density at radius 1 is 1.03 bits per heavy atom. The Morgan fingerprint density at radius 3 is 2.41 bits per heavy atom. The number of benzene rings is 2. The van der Waals surface area contributed by atoms with Gasteiger partial charge in [0.2, 0.25) is 0 Å². The SMILES string of the molecule is C[C@@H](NC(=O)c1csc(N2CCN(c3ccccc3F)CC2)n1)c1ccccc1. The van der Waals surface area contributed by atoms with Crippen molar-refractivity contribution in [1.29, 1.82) is 0 Å². The molecule has 1 N–H and O–H groups in total. The third-order valence-electron chi connectivity index (χ3n) is 5.12. The first-order valence-electron chi connectivity index (χ1n) is 9.67. The van der Waals surface area contributed by atoms with Gasteiger partial charge in [-0.1, -0.05) is 42.5 Å². The van der Waals surface area contributed by atoms with Crippen molar-refractivity contribution < 1.29 is 9.18 Å². The van der Waals surface area contributed by atoms with Crippen LogP contribution >= 0.6 is 11.3 Å². The maximum absolute atomic E-state index is 14.0. The number of carbonyl (C=O) groups excluding carboxylic acids is 1. The summed E-state index contributed by atoms with van der Waals surface area (Å²) in [6.07, 6.45) is 0. The van der Waals surface area contributed by atoms with Crippen LogP contribution in [0.2, 0.25) is 0 Å². The third kappa shape index (κ3) is 4.40. The standard InChI is InChI=1S/C22H23FN4OS/c1-16(17-7-3-2-4-8-17)24-21(28)19-15-29-22(25-19)27-13-11-26(12-14-27)20-10-6-5-9-18(20)23/h2-10,15-16H,11-14H2,1H3,(H,24,28)/t16-/m1/s1. The average molecular weight is 411 g/mol. The molecule has 1 aliphatic rings. The van der Waals surface area contributed by atoms with E-state index < -0.39 is 0 Å². The summed E-state index contributed by atoms with van der Waals surface area (Å²) in [5.74, 6) is -0.365. The van der Waals surface area contributed by atoms with E-state index in [1.807, 2.05) is 49.4 Å². The maximum atomic E-state index is 14.0. The topological polar surface area (TPSA) is 48.5 Å². The number of nitrogens with zero attached hydrogens (tertiary/aromatic N) is 3. The summed E-state index contributed by atoms with van der Waals surface area (Å²) in [7, 11) is 0. The Balaban J connectivity index is 1.36. The number of rotatable bonds is 5. The Morgan fingerprint density at radius 2 is 1.69 bits per heavy atom. The molecule has 0 unspecified atom stereocenters. The van der Waals surface area contributed by atoms with Crippen LogP contribution < -0.4 is 15.1 Å². The summed E-state index contributed by atoms with van der Waals surface area (Å²) in [4.78, 5) is 21.3. The average Bonchev–Trinajstić information content (AvgIpc) is 3.25. The zero-order chi connectivity index (χ0) is 20.2. The van der Waals surface area contributed by atoms with Gasteiger partial charge >= 0.3 is 0 Å². The molecule has 0 spiro atoms. The lowest BCUT2D eigenvalue weighted by Crippen LogP contribution is -2.46. The van der Waals surface area contributed by atoms with Crippen molar-refractivity contribution in [1.82, 2.24) is 10.3 Å². The van der Waals surface area contributed by atoms with Gasteiger partial charge in [0.1, 0.15) is 11.5 Å². The van der Waals surface area contributed by atoms with Gasteiger partial charge in [-0.05, 0) is 24.6 Å². The van der Waals surface area contributed by atoms with Crippen LogP contribution in [0.15, 0.2) is 60.0 Å². The summed E-state index contributed by atoms with van der Waals surface area (Å²) in [5, 5.41) is 5.63. The molecule has 150 valence electrons. The van der Waals surface area contributed by atoms with Gasteiger partial charge in [0, 0.05) is 31.6 Å². The molecular formula is C22H23FN4OS. The number of halogens is 1. The number of hydrogen-bond acceptors (Lipinski definition) is 5. The monoisotopic (exact) mass is 410 g/mol. The molecule has 7 heteroatoms. The van der Waals surface area contributed by atoms with Crippen LogP contribution in [0.25, 0.3) is 0 Å². The molecule has 5 nitrogen and oxygen atoms in total. The van der Waals surface area contributed by atoms with Gasteiger partial charge < -0.3 is 15.1 Å². The van der Waals surface area contributed by atoms with E-state index in [4.69, 9.17) is 0 Å². The number of thiazole rings is 1. The normalized spacial score (nSPS) is 15.2. The van der Waals surface area contributed by atoms with Gasteiger partial charge in [0.15, 0.2) is 5.13 Å². The zero-order valence-corrected chi connectivity index (χ0v) is 17.0. The van der Waals surface area contributed by atoms with E-state index in [1.165, 1.54) is 17.4 Å². The smallest absolute Gasteiger partial charge is 0.271 e. The van der Waals surface area contributed by atoms with E-state index in [1.54, 1.807) is 11.4 Å². The second-order valence-corrected chi connectivity index (χ2v) is 7.88. The lowest BCUT2D eigenvalue weighted by Gasteiger charge is -2.36. The lowest BCUT2D eigenvalue weighted by atomic mass is 10.1. The van der Waals surface area contributed by atoms with Gasteiger partial charge in [-0.25, -0.2) is 9.37 Å². The number of hydrogen-bond donors (Lipinski definition) is 1. The summed E-state index contributed by atoms with van der Waals surface area (Å²) >= 11 is 1.47. The van der Waals surface area contributed by atoms with Crippen LogP contribution in [0, 0.1) is 5.82 Å². The van der Waals surface area contributed by atoms with Crippen LogP contribution in [-0.4, -0.2) is 37.1 Å². The quantitative estimate of drug-likeness (QED) is 0.688. The lowest BCUT2D eigenvalue weighted by molar-refractivity contribution is 0.0935. The molecule has 0 saturated carbocycles. The number of para-hydroxylation sites is 1. The van der Waals surface area contributed by atoms with Crippen molar-refractivity contribution in [2.45, 2.75) is 13.0 Å². The van der Waals surface area contributed by atoms with Crippen LogP contribution in [0.1, 0.15) is 29.0 Å². The van der Waals surface area contributed by atoms with Crippen molar-refractivity contribution >= 4 is 28.1 Å². The second kappa shape index (κ2) is 8.61. The number of anilines is 2. The third-order valence-corrected chi connectivity index (χ3v) is 6.02. The molecule has 2 aromatic carbocycles. The Bertz CT molecular complexity index is 970. The van der Waals surface area contributed by atoms with Crippen LogP contribution in [0.4, 0.5) is 15.2 Å². The molecular weight excluding hydrogens is 387 g/mol. The van der Waals surface area contributed by atoms with E-state index in [0.717, 1.165) is 23.8 Å². The molecule has 3 aromatic rings. The van der Waals surface area contributed by atoms with Crippen molar-refractivity contribution in [2.75, 3.05) is 36.0 Å². The van der Waals surface area contributed by atoms with Crippen molar-refractivity contribution in [3.8, 4) is 0 Å². The van der Waals surface area contributed by atoms with Gasteiger partial charge in [0.25, 0.3) is 5.91 Å². The number of aromatic nitrogens is 1. The molecule has 1 aromatic heterocycles. The summed E-state index contributed by atoms with van der Waals surface area (Å²) in [5.41, 5.74) is 2.13. The number of amides is 1. The molecule has 29 heavy (non-hydrogen) atoms. The molecule has 0 aliphatic carbocycles. The molecule has 4 rings (SSSR count). The highest BCUT2D eigenvalue weighted by atomic mass is 32.1. The predicted octanol–water partition coefficient (Wildman–Crippen LogP) is 4.10. The summed E-state index contributed by atoms with van der Waals surface area (Å²) in [6.45, 7) is 4.87. The minimum absolute atomic E-state index is 0.0850. The largest absolute Gasteiger partial charge is 0.366 e. The number of carbonyl (C=O) groups is 1. The maximum Gasteiger partial charge on any atom is 0.271 e. The molecule has 1 atom stereocenters. The molecule has 0 radical (unpaired) electrons. The minimum atomic E-state index is -0.193. The van der Waals surface area contributed by atoms with Crippen LogP contribution in [0.3, 0.4) is 0 Å². The van der Waals surface area contributed by atoms with Crippen molar-refractivity contribution in [2.24, 2.45) is 0 Å². The molecule has 1 aliphatic heterocycles. The molecule has 1 saturated heterocycles. The van der Waals surface area contributed by atoms with Crippen LogP contribution in [0.5, 0.6) is 0 Å². The van der Waals surface area contributed by atoms with Gasteiger partial charge in [-0.15, -0.1) is 11.3 Å². The molecule has 1 fully saturated rings. The summed E-state index contributed by atoms with van der Waals surface area (Å²) < 4.78 is 14.0. The summed E-state index contributed by atoms with van der Waals surface area (Å²) in [6, 6.07) is 16.6. The fourth-order valence-electron chi connectivity index (χ4n) is 3.46. The first kappa shape index (κ1) is 19.4. The number of piperazine rings is 1. The van der Waals surface area contributed by atoms with E-state index in [0.29, 0.717) is 24.5 Å². The van der Waals surface area contributed by atoms with Gasteiger partial charge in [0.05, 0.1) is 11.7 Å².